The monoisotopic (exact) mass is 444 g/mol. The van der Waals surface area contributed by atoms with Crippen LogP contribution < -0.4 is 11.1 Å². The summed E-state index contributed by atoms with van der Waals surface area (Å²) in [6.07, 6.45) is 5.26. The summed E-state index contributed by atoms with van der Waals surface area (Å²) in [5, 5.41) is 0.982. The molecule has 0 bridgehead atoms. The van der Waals surface area contributed by atoms with E-state index in [-0.39, 0.29) is 11.1 Å². The van der Waals surface area contributed by atoms with Crippen molar-refractivity contribution in [2.24, 2.45) is 0 Å². The first-order chi connectivity index (χ1) is 16.2. The van der Waals surface area contributed by atoms with Crippen LogP contribution >= 0.6 is 0 Å². The Morgan fingerprint density at radius 3 is 2.09 bits per heavy atom. The van der Waals surface area contributed by atoms with Gasteiger partial charge in [-0.3, -0.25) is 14.5 Å². The summed E-state index contributed by atoms with van der Waals surface area (Å²) in [7, 11) is 0. The average Bonchev–Trinajstić information content (AvgIpc) is 2.86. The van der Waals surface area contributed by atoms with Gasteiger partial charge >= 0.3 is 0 Å². The molecular formula is C26H28N4O3. The first kappa shape index (κ1) is 21.6. The normalized spacial score (nSPS) is 14.8. The van der Waals surface area contributed by atoms with E-state index in [0.29, 0.717) is 34.9 Å². The molecule has 7 nitrogen and oxygen atoms in total. The van der Waals surface area contributed by atoms with Crippen molar-refractivity contribution in [1.29, 1.82) is 0 Å². The molecule has 1 saturated heterocycles. The Morgan fingerprint density at radius 2 is 1.42 bits per heavy atom. The summed E-state index contributed by atoms with van der Waals surface area (Å²) >= 11 is 0. The van der Waals surface area contributed by atoms with Crippen LogP contribution in [0.25, 0.3) is 21.8 Å². The highest BCUT2D eigenvalue weighted by molar-refractivity contribution is 5.91. The van der Waals surface area contributed by atoms with Crippen LogP contribution in [0.2, 0.25) is 0 Å². The Morgan fingerprint density at radius 1 is 0.788 bits per heavy atom. The maximum atomic E-state index is 13.1. The second kappa shape index (κ2) is 9.68. The lowest BCUT2D eigenvalue weighted by Crippen LogP contribution is -2.37. The molecule has 0 unspecified atom stereocenters. The van der Waals surface area contributed by atoms with Crippen LogP contribution in [0, 0.1) is 0 Å². The number of benzene rings is 1. The van der Waals surface area contributed by atoms with Crippen LogP contribution in [0.5, 0.6) is 0 Å². The lowest BCUT2D eigenvalue weighted by atomic mass is 10.1. The van der Waals surface area contributed by atoms with Gasteiger partial charge in [-0.15, -0.1) is 0 Å². The van der Waals surface area contributed by atoms with E-state index in [0.717, 1.165) is 45.7 Å². The fourth-order valence-electron chi connectivity index (χ4n) is 4.44. The third-order valence-electron chi connectivity index (χ3n) is 6.35. The summed E-state index contributed by atoms with van der Waals surface area (Å²) in [5.74, 6) is 0. The van der Waals surface area contributed by atoms with Gasteiger partial charge in [0.05, 0.1) is 35.0 Å². The van der Waals surface area contributed by atoms with Crippen LogP contribution in [-0.2, 0) is 24.2 Å². The summed E-state index contributed by atoms with van der Waals surface area (Å²) < 4.78 is 8.82. The van der Waals surface area contributed by atoms with Gasteiger partial charge in [0.2, 0.25) is 0 Å². The molecule has 5 rings (SSSR count). The van der Waals surface area contributed by atoms with Crippen molar-refractivity contribution in [1.82, 2.24) is 19.0 Å². The number of fused-ring (bicyclic) bond motifs is 2. The van der Waals surface area contributed by atoms with Crippen molar-refractivity contribution < 1.29 is 4.74 Å². The molecule has 0 N–H and O–H groups in total. The molecule has 1 aromatic carbocycles. The molecule has 0 aliphatic carbocycles. The third-order valence-corrected chi connectivity index (χ3v) is 6.35. The maximum Gasteiger partial charge on any atom is 0.260 e. The largest absolute Gasteiger partial charge is 0.379 e. The van der Waals surface area contributed by atoms with Crippen molar-refractivity contribution >= 4 is 21.8 Å². The average molecular weight is 445 g/mol. The molecule has 4 aromatic rings. The van der Waals surface area contributed by atoms with Gasteiger partial charge < -0.3 is 13.9 Å². The SMILES string of the molecule is O=c1c2cc3c(=O)n(CCc4ccccc4)ccc3nc2ccn1CCCN1CCOCC1. The minimum atomic E-state index is -0.111. The van der Waals surface area contributed by atoms with Gasteiger partial charge in [0.1, 0.15) is 0 Å². The Bertz CT molecular complexity index is 1370. The number of aryl methyl sites for hydroxylation is 3. The van der Waals surface area contributed by atoms with Crippen LogP contribution in [0.3, 0.4) is 0 Å². The van der Waals surface area contributed by atoms with Crippen molar-refractivity contribution in [3.8, 4) is 0 Å². The standard InChI is InChI=1S/C26H28N4O3/c31-25-21-19-22-24(9-14-30(26(22)32)12-7-20-5-2-1-3-6-20)27-23(21)8-13-29(25)11-4-10-28-15-17-33-18-16-28/h1-3,5-6,8-9,13-14,19H,4,7,10-12,15-18H2. The van der Waals surface area contributed by atoms with Gasteiger partial charge in [-0.1, -0.05) is 30.3 Å². The van der Waals surface area contributed by atoms with Gasteiger partial charge in [0.25, 0.3) is 11.1 Å². The molecule has 0 amide bonds. The number of hydrogen-bond acceptors (Lipinski definition) is 5. The molecule has 0 saturated carbocycles. The highest BCUT2D eigenvalue weighted by atomic mass is 16.5. The first-order valence-corrected chi connectivity index (χ1v) is 11.6. The molecule has 7 heteroatoms. The fourth-order valence-corrected chi connectivity index (χ4v) is 4.44. The van der Waals surface area contributed by atoms with Crippen molar-refractivity contribution in [2.45, 2.75) is 25.9 Å². The Hall–Kier alpha value is -3.29. The molecule has 4 heterocycles. The summed E-state index contributed by atoms with van der Waals surface area (Å²) in [6, 6.07) is 15.5. The zero-order chi connectivity index (χ0) is 22.6. The number of hydrogen-bond donors (Lipinski definition) is 0. The van der Waals surface area contributed by atoms with Crippen LogP contribution in [-0.4, -0.2) is 51.9 Å². The molecule has 0 spiro atoms. The predicted molar refractivity (Wildman–Crippen MR) is 130 cm³/mol. The second-order valence-corrected chi connectivity index (χ2v) is 8.53. The fraction of sp³-hybridized carbons (Fsp3) is 0.346. The Labute approximate surface area is 191 Å². The van der Waals surface area contributed by atoms with Crippen molar-refractivity contribution in [2.75, 3.05) is 32.8 Å². The zero-order valence-electron chi connectivity index (χ0n) is 18.7. The van der Waals surface area contributed by atoms with E-state index in [9.17, 15) is 9.59 Å². The summed E-state index contributed by atoms with van der Waals surface area (Å²) in [5.41, 5.74) is 2.22. The summed E-state index contributed by atoms with van der Waals surface area (Å²) in [4.78, 5) is 33.2. The number of nitrogens with zero attached hydrogens (tertiary/aromatic N) is 4. The highest BCUT2D eigenvalue weighted by Gasteiger charge is 2.12. The molecule has 0 radical (unpaired) electrons. The maximum absolute atomic E-state index is 13.1. The quantitative estimate of drug-likeness (QED) is 0.410. The smallest absolute Gasteiger partial charge is 0.260 e. The minimum absolute atomic E-state index is 0.0945. The molecule has 0 atom stereocenters. The molecule has 1 aliphatic heterocycles. The zero-order valence-corrected chi connectivity index (χ0v) is 18.7. The number of ether oxygens (including phenoxy) is 1. The van der Waals surface area contributed by atoms with Crippen LogP contribution in [0.15, 0.2) is 70.5 Å². The lowest BCUT2D eigenvalue weighted by Gasteiger charge is -2.26. The predicted octanol–water partition coefficient (Wildman–Crippen LogP) is 2.68. The lowest BCUT2D eigenvalue weighted by molar-refractivity contribution is 0.0369. The van der Waals surface area contributed by atoms with Crippen LogP contribution in [0.4, 0.5) is 0 Å². The molecule has 1 aliphatic rings. The van der Waals surface area contributed by atoms with Gasteiger partial charge in [-0.2, -0.15) is 0 Å². The van der Waals surface area contributed by atoms with Gasteiger partial charge in [-0.05, 0) is 36.6 Å². The van der Waals surface area contributed by atoms with E-state index in [1.807, 2.05) is 36.5 Å². The second-order valence-electron chi connectivity index (χ2n) is 8.53. The van der Waals surface area contributed by atoms with E-state index in [1.54, 1.807) is 21.4 Å². The van der Waals surface area contributed by atoms with Gasteiger partial charge in [-0.25, -0.2) is 4.98 Å². The van der Waals surface area contributed by atoms with E-state index < -0.39 is 0 Å². The first-order valence-electron chi connectivity index (χ1n) is 11.6. The van der Waals surface area contributed by atoms with E-state index in [1.165, 1.54) is 5.56 Å². The van der Waals surface area contributed by atoms with E-state index in [4.69, 9.17) is 4.74 Å². The third kappa shape index (κ3) is 4.74. The van der Waals surface area contributed by atoms with Crippen molar-refractivity contribution in [3.05, 3.63) is 87.2 Å². The van der Waals surface area contributed by atoms with Gasteiger partial charge in [0, 0.05) is 45.1 Å². The van der Waals surface area contributed by atoms with E-state index in [2.05, 4.69) is 22.0 Å². The molecule has 3 aromatic heterocycles. The number of morpholine rings is 1. The van der Waals surface area contributed by atoms with Crippen molar-refractivity contribution in [3.63, 3.8) is 0 Å². The van der Waals surface area contributed by atoms with Gasteiger partial charge in [0.15, 0.2) is 0 Å². The number of aromatic nitrogens is 3. The Balaban J connectivity index is 1.39. The molecule has 33 heavy (non-hydrogen) atoms. The number of pyridine rings is 3. The summed E-state index contributed by atoms with van der Waals surface area (Å²) in [6.45, 7) is 5.60. The Kier molecular flexibility index (Phi) is 6.32. The highest BCUT2D eigenvalue weighted by Crippen LogP contribution is 2.15. The minimum Gasteiger partial charge on any atom is -0.379 e. The van der Waals surface area contributed by atoms with E-state index >= 15 is 0 Å². The molecule has 170 valence electrons. The molecular weight excluding hydrogens is 416 g/mol. The molecule has 1 fully saturated rings. The van der Waals surface area contributed by atoms with Crippen LogP contribution in [0.1, 0.15) is 12.0 Å². The topological polar surface area (TPSA) is 69.4 Å². The number of rotatable bonds is 7.